The summed E-state index contributed by atoms with van der Waals surface area (Å²) in [7, 11) is 0. The Labute approximate surface area is 163 Å². The van der Waals surface area contributed by atoms with Crippen molar-refractivity contribution in [2.45, 2.75) is 39.3 Å². The number of carbonyl (C=O) groups is 1. The van der Waals surface area contributed by atoms with Crippen LogP contribution in [0.4, 0.5) is 5.82 Å². The van der Waals surface area contributed by atoms with Gasteiger partial charge in [-0.2, -0.15) is 5.26 Å². The summed E-state index contributed by atoms with van der Waals surface area (Å²) < 4.78 is 13.2. The minimum atomic E-state index is -0.350. The average Bonchev–Trinajstić information content (AvgIpc) is 3.24. The second-order valence-corrected chi connectivity index (χ2v) is 6.97. The van der Waals surface area contributed by atoms with Crippen LogP contribution in [0.15, 0.2) is 24.3 Å². The third kappa shape index (κ3) is 4.26. The van der Waals surface area contributed by atoms with E-state index in [4.69, 9.17) is 21.1 Å². The summed E-state index contributed by atoms with van der Waals surface area (Å²) in [5.41, 5.74) is 2.28. The first-order valence-electron chi connectivity index (χ1n) is 8.89. The lowest BCUT2D eigenvalue weighted by Crippen LogP contribution is -2.24. The van der Waals surface area contributed by atoms with Gasteiger partial charge in [-0.15, -0.1) is 0 Å². The monoisotopic (exact) mass is 387 g/mol. The Bertz CT molecular complexity index is 879. The summed E-state index contributed by atoms with van der Waals surface area (Å²) >= 11 is 6.04. The molecule has 1 aromatic heterocycles. The number of anilines is 1. The van der Waals surface area contributed by atoms with Gasteiger partial charge in [-0.05, 0) is 44.4 Å². The average molecular weight is 388 g/mol. The van der Waals surface area contributed by atoms with Crippen LogP contribution in [0.2, 0.25) is 5.02 Å². The molecule has 0 bridgehead atoms. The molecule has 2 aromatic rings. The topological polar surface area (TPSA) is 76.3 Å². The van der Waals surface area contributed by atoms with Crippen molar-refractivity contribution in [2.24, 2.45) is 0 Å². The molecule has 1 fully saturated rings. The van der Waals surface area contributed by atoms with Crippen molar-refractivity contribution in [3.8, 4) is 11.8 Å². The van der Waals surface area contributed by atoms with Crippen LogP contribution in [0.3, 0.4) is 0 Å². The van der Waals surface area contributed by atoms with Gasteiger partial charge in [-0.25, -0.2) is 0 Å². The zero-order valence-corrected chi connectivity index (χ0v) is 16.2. The molecule has 3 rings (SSSR count). The number of benzene rings is 1. The van der Waals surface area contributed by atoms with Crippen LogP contribution in [-0.4, -0.2) is 29.8 Å². The number of hydrogen-bond acceptors (Lipinski definition) is 4. The summed E-state index contributed by atoms with van der Waals surface area (Å²) in [6.07, 6.45) is 2.10. The maximum Gasteiger partial charge on any atom is 0.263 e. The molecule has 0 aliphatic carbocycles. The zero-order chi connectivity index (χ0) is 19.4. The SMILES string of the molecule is Cc1c(C#N)c(NC(=O)COc2ccccc2Cl)n(CC2CCCO2)c1C. The van der Waals surface area contributed by atoms with Crippen molar-refractivity contribution in [1.82, 2.24) is 4.57 Å². The Balaban J connectivity index is 1.76. The second kappa shape index (κ2) is 8.47. The number of aromatic nitrogens is 1. The van der Waals surface area contributed by atoms with Gasteiger partial charge in [0.25, 0.3) is 5.91 Å². The molecule has 0 saturated carbocycles. The smallest absolute Gasteiger partial charge is 0.263 e. The van der Waals surface area contributed by atoms with Crippen LogP contribution in [0.5, 0.6) is 5.75 Å². The van der Waals surface area contributed by atoms with Gasteiger partial charge < -0.3 is 19.4 Å². The van der Waals surface area contributed by atoms with Gasteiger partial charge >= 0.3 is 0 Å². The lowest BCUT2D eigenvalue weighted by Gasteiger charge is -2.17. The van der Waals surface area contributed by atoms with E-state index >= 15 is 0 Å². The highest BCUT2D eigenvalue weighted by atomic mass is 35.5. The molecule has 1 aliphatic rings. The summed E-state index contributed by atoms with van der Waals surface area (Å²) in [4.78, 5) is 12.4. The van der Waals surface area contributed by atoms with Crippen LogP contribution in [0.1, 0.15) is 29.7 Å². The molecule has 1 aromatic carbocycles. The van der Waals surface area contributed by atoms with Crippen LogP contribution >= 0.6 is 11.6 Å². The van der Waals surface area contributed by atoms with E-state index in [-0.39, 0.29) is 18.6 Å². The van der Waals surface area contributed by atoms with E-state index in [0.717, 1.165) is 30.7 Å². The molecule has 6 nitrogen and oxygen atoms in total. The van der Waals surface area contributed by atoms with Crippen molar-refractivity contribution in [3.05, 3.63) is 46.1 Å². The molecule has 1 atom stereocenters. The maximum atomic E-state index is 12.4. The number of halogens is 1. The van der Waals surface area contributed by atoms with E-state index in [9.17, 15) is 10.1 Å². The Morgan fingerprint density at radius 2 is 2.22 bits per heavy atom. The lowest BCUT2D eigenvalue weighted by atomic mass is 10.2. The highest BCUT2D eigenvalue weighted by Crippen LogP contribution is 2.28. The Morgan fingerprint density at radius 3 is 2.89 bits per heavy atom. The summed E-state index contributed by atoms with van der Waals surface area (Å²) in [5, 5.41) is 12.8. The summed E-state index contributed by atoms with van der Waals surface area (Å²) in [6.45, 7) is 4.99. The third-order valence-electron chi connectivity index (χ3n) is 4.80. The fourth-order valence-electron chi connectivity index (χ4n) is 3.22. The number of nitrogens with one attached hydrogen (secondary N) is 1. The van der Waals surface area contributed by atoms with Gasteiger partial charge in [0.05, 0.1) is 23.2 Å². The van der Waals surface area contributed by atoms with Crippen molar-refractivity contribution < 1.29 is 14.3 Å². The molecule has 0 spiro atoms. The fraction of sp³-hybridized carbons (Fsp3) is 0.400. The van der Waals surface area contributed by atoms with Gasteiger partial charge in [0.1, 0.15) is 17.6 Å². The Hall–Kier alpha value is -2.49. The third-order valence-corrected chi connectivity index (χ3v) is 5.12. The van der Waals surface area contributed by atoms with Crippen molar-refractivity contribution in [3.63, 3.8) is 0 Å². The molecule has 2 heterocycles. The molecule has 1 amide bonds. The standard InChI is InChI=1S/C20H22ClN3O3/c1-13-14(2)24(11-15-6-5-9-26-15)20(16(13)10-22)23-19(25)12-27-18-8-4-3-7-17(18)21/h3-4,7-8,15H,5-6,9,11-12H2,1-2H3,(H,23,25). The van der Waals surface area contributed by atoms with E-state index < -0.39 is 0 Å². The van der Waals surface area contributed by atoms with Gasteiger partial charge in [0, 0.05) is 12.3 Å². The predicted octanol–water partition coefficient (Wildman–Crippen LogP) is 3.83. The predicted molar refractivity (Wildman–Crippen MR) is 103 cm³/mol. The molecule has 1 unspecified atom stereocenters. The highest BCUT2D eigenvalue weighted by Gasteiger charge is 2.24. The van der Waals surface area contributed by atoms with Crippen molar-refractivity contribution >= 4 is 23.3 Å². The number of nitrogens with zero attached hydrogens (tertiary/aromatic N) is 2. The highest BCUT2D eigenvalue weighted by molar-refractivity contribution is 6.32. The van der Waals surface area contributed by atoms with E-state index in [1.54, 1.807) is 24.3 Å². The molecule has 1 N–H and O–H groups in total. The van der Waals surface area contributed by atoms with Crippen LogP contribution in [-0.2, 0) is 16.1 Å². The minimum Gasteiger partial charge on any atom is -0.482 e. The van der Waals surface area contributed by atoms with Crippen molar-refractivity contribution in [1.29, 1.82) is 5.26 Å². The number of amides is 1. The fourth-order valence-corrected chi connectivity index (χ4v) is 3.41. The number of nitriles is 1. The van der Waals surface area contributed by atoms with E-state index in [1.165, 1.54) is 0 Å². The molecule has 0 radical (unpaired) electrons. The molecule has 1 saturated heterocycles. The quantitative estimate of drug-likeness (QED) is 0.817. The molecular weight excluding hydrogens is 366 g/mol. The first-order chi connectivity index (χ1) is 13.0. The van der Waals surface area contributed by atoms with Crippen LogP contribution < -0.4 is 10.1 Å². The van der Waals surface area contributed by atoms with Crippen LogP contribution in [0.25, 0.3) is 0 Å². The first kappa shape index (κ1) is 19.3. The van der Waals surface area contributed by atoms with Gasteiger partial charge in [0.15, 0.2) is 6.61 Å². The number of carbonyl (C=O) groups excluding carboxylic acids is 1. The number of para-hydroxylation sites is 1. The van der Waals surface area contributed by atoms with E-state index in [1.807, 2.05) is 18.4 Å². The van der Waals surface area contributed by atoms with Gasteiger partial charge in [-0.3, -0.25) is 4.79 Å². The number of rotatable bonds is 6. The minimum absolute atomic E-state index is 0.0945. The van der Waals surface area contributed by atoms with Crippen LogP contribution in [0, 0.1) is 25.2 Å². The zero-order valence-electron chi connectivity index (χ0n) is 15.4. The van der Waals surface area contributed by atoms with Gasteiger partial charge in [-0.1, -0.05) is 23.7 Å². The van der Waals surface area contributed by atoms with Gasteiger partial charge in [0.2, 0.25) is 0 Å². The van der Waals surface area contributed by atoms with E-state index in [2.05, 4.69) is 11.4 Å². The maximum absolute atomic E-state index is 12.4. The molecule has 27 heavy (non-hydrogen) atoms. The molecule has 1 aliphatic heterocycles. The normalized spacial score (nSPS) is 16.1. The number of ether oxygens (including phenoxy) is 2. The number of hydrogen-bond donors (Lipinski definition) is 1. The largest absolute Gasteiger partial charge is 0.482 e. The molecule has 142 valence electrons. The first-order valence-corrected chi connectivity index (χ1v) is 9.27. The summed E-state index contributed by atoms with van der Waals surface area (Å²) in [6, 6.07) is 9.17. The lowest BCUT2D eigenvalue weighted by molar-refractivity contribution is -0.118. The molecular formula is C20H22ClN3O3. The van der Waals surface area contributed by atoms with E-state index in [0.29, 0.717) is 28.7 Å². The summed E-state index contributed by atoms with van der Waals surface area (Å²) in [5.74, 6) is 0.588. The van der Waals surface area contributed by atoms with Crippen molar-refractivity contribution in [2.75, 3.05) is 18.5 Å². The Kier molecular flexibility index (Phi) is 6.04. The molecule has 7 heteroatoms. The Morgan fingerprint density at radius 1 is 1.44 bits per heavy atom. The second-order valence-electron chi connectivity index (χ2n) is 6.56.